The van der Waals surface area contributed by atoms with E-state index in [2.05, 4.69) is 164 Å². The highest BCUT2D eigenvalue weighted by Gasteiger charge is 2.68. The molecule has 3 aliphatic heterocycles. The second-order valence-electron chi connectivity index (χ2n) is 12.6. The van der Waals surface area contributed by atoms with Crippen LogP contribution in [0.25, 0.3) is 66.0 Å². The van der Waals surface area contributed by atoms with Crippen molar-refractivity contribution < 1.29 is 14.0 Å². The van der Waals surface area contributed by atoms with Gasteiger partial charge in [0.05, 0.1) is 23.3 Å². The molecule has 0 radical (unpaired) electrons. The third-order valence-electron chi connectivity index (χ3n) is 10.5. The van der Waals surface area contributed by atoms with Crippen LogP contribution in [0, 0.1) is 0 Å². The maximum Gasteiger partial charge on any atom is 0.397 e. The Bertz CT molecular complexity index is 2860. The topological polar surface area (TPSA) is 26.8 Å². The van der Waals surface area contributed by atoms with Crippen molar-refractivity contribution in [3.63, 3.8) is 0 Å². The average Bonchev–Trinajstić information content (AvgIpc) is 3.78. The van der Waals surface area contributed by atoms with Crippen LogP contribution in [-0.2, 0) is 5.66 Å². The summed E-state index contributed by atoms with van der Waals surface area (Å²) in [5.41, 5.74) is 8.68. The minimum absolute atomic E-state index is 0.690. The molecule has 0 aliphatic carbocycles. The summed E-state index contributed by atoms with van der Waals surface area (Å²) in [6, 6.07) is 46.0. The Labute approximate surface area is 263 Å². The van der Waals surface area contributed by atoms with Crippen molar-refractivity contribution in [3.05, 3.63) is 157 Å². The molecule has 0 bridgehead atoms. The normalized spacial score (nSPS) is 16.5. The lowest BCUT2D eigenvalue weighted by atomic mass is 9.84. The van der Waals surface area contributed by atoms with E-state index in [1.165, 1.54) is 60.2 Å². The van der Waals surface area contributed by atoms with E-state index in [0.29, 0.717) is 0 Å². The van der Waals surface area contributed by atoms with Gasteiger partial charge in [0.2, 0.25) is 6.20 Å². The zero-order chi connectivity index (χ0) is 29.7. The highest BCUT2D eigenvalue weighted by atomic mass is 16.5. The second kappa shape index (κ2) is 7.71. The number of rotatable bonds is 1. The molecule has 212 valence electrons. The molecule has 0 amide bonds. The summed E-state index contributed by atoms with van der Waals surface area (Å²) in [6.07, 6.45) is 6.92. The van der Waals surface area contributed by atoms with E-state index < -0.39 is 5.66 Å². The second-order valence-corrected chi connectivity index (χ2v) is 12.6. The fourth-order valence-electron chi connectivity index (χ4n) is 8.85. The van der Waals surface area contributed by atoms with Crippen LogP contribution in [0.2, 0.25) is 0 Å². The van der Waals surface area contributed by atoms with Gasteiger partial charge in [0.15, 0.2) is 11.3 Å². The molecule has 1 unspecified atom stereocenters. The van der Waals surface area contributed by atoms with Gasteiger partial charge in [-0.2, -0.15) is 9.13 Å². The maximum atomic E-state index is 6.78. The minimum Gasteiger partial charge on any atom is -0.456 e. The van der Waals surface area contributed by atoms with Crippen LogP contribution in [-0.4, -0.2) is 9.25 Å². The number of hydrogen-bond donors (Lipinski definition) is 0. The zero-order valence-corrected chi connectivity index (χ0v) is 24.6. The lowest BCUT2D eigenvalue weighted by molar-refractivity contribution is -0.987. The van der Waals surface area contributed by atoms with Crippen LogP contribution in [0.4, 0.5) is 0 Å². The number of pyridine rings is 1. The predicted molar refractivity (Wildman–Crippen MR) is 179 cm³/mol. The summed E-state index contributed by atoms with van der Waals surface area (Å²) < 4.78 is 16.5. The third kappa shape index (κ3) is 2.44. The first kappa shape index (κ1) is 23.2. The van der Waals surface area contributed by atoms with Gasteiger partial charge in [-0.3, -0.25) is 0 Å². The summed E-state index contributed by atoms with van der Waals surface area (Å²) in [5, 5.41) is 7.53. The Morgan fingerprint density at radius 1 is 0.587 bits per heavy atom. The maximum absolute atomic E-state index is 6.78. The van der Waals surface area contributed by atoms with Crippen molar-refractivity contribution in [2.45, 2.75) is 5.66 Å². The molecule has 3 aromatic heterocycles. The molecule has 9 aromatic rings. The van der Waals surface area contributed by atoms with Crippen LogP contribution >= 0.6 is 0 Å². The van der Waals surface area contributed by atoms with Gasteiger partial charge < -0.3 is 4.74 Å². The van der Waals surface area contributed by atoms with Crippen molar-refractivity contribution >= 4 is 43.5 Å². The Kier molecular flexibility index (Phi) is 3.89. The molecule has 5 heteroatoms. The summed E-state index contributed by atoms with van der Waals surface area (Å²) in [5.74, 6) is 1.78. The smallest absolute Gasteiger partial charge is 0.397 e. The minimum atomic E-state index is -0.690. The standard InChI is InChI=1S/C41H24N4O/c1-2-11-27-25(10-1)22-32(29-13-4-3-12-28(27)29)26-23-43-34-17-7-19-36-38(34)41(44(43)24-26)39-35(18-8-20-37(39)46-36)45-33-16-6-5-14-30(33)31-15-9-21-42(41)40(31)45/h1-24H/q+2. The van der Waals surface area contributed by atoms with Crippen molar-refractivity contribution in [2.75, 3.05) is 0 Å². The molecule has 12 rings (SSSR count). The van der Waals surface area contributed by atoms with Gasteiger partial charge in [-0.1, -0.05) is 77.5 Å². The van der Waals surface area contributed by atoms with E-state index in [4.69, 9.17) is 4.74 Å². The molecule has 0 fully saturated rings. The number of hydrogen-bond acceptors (Lipinski definition) is 1. The van der Waals surface area contributed by atoms with Crippen LogP contribution < -0.4 is 14.0 Å². The van der Waals surface area contributed by atoms with Gasteiger partial charge in [-0.15, -0.1) is 4.68 Å². The van der Waals surface area contributed by atoms with Crippen LogP contribution in [0.3, 0.4) is 0 Å². The van der Waals surface area contributed by atoms with E-state index in [0.717, 1.165) is 28.4 Å². The number of aromatic nitrogens is 4. The molecule has 6 aromatic carbocycles. The molecular weight excluding hydrogens is 564 g/mol. The lowest BCUT2D eigenvalue weighted by Gasteiger charge is -2.32. The van der Waals surface area contributed by atoms with E-state index in [-0.39, 0.29) is 0 Å². The fourth-order valence-corrected chi connectivity index (χ4v) is 8.85. The van der Waals surface area contributed by atoms with Crippen molar-refractivity contribution in [2.24, 2.45) is 0 Å². The molecule has 46 heavy (non-hydrogen) atoms. The lowest BCUT2D eigenvalue weighted by Crippen LogP contribution is -2.76. The summed E-state index contributed by atoms with van der Waals surface area (Å²) >= 11 is 0. The number of fused-ring (bicyclic) bond motifs is 9. The summed E-state index contributed by atoms with van der Waals surface area (Å²) in [4.78, 5) is 0. The number of nitrogens with zero attached hydrogens (tertiary/aromatic N) is 4. The summed E-state index contributed by atoms with van der Waals surface area (Å²) in [6.45, 7) is 0. The van der Waals surface area contributed by atoms with Gasteiger partial charge in [-0.25, -0.2) is 0 Å². The van der Waals surface area contributed by atoms with Gasteiger partial charge in [0.25, 0.3) is 0 Å². The van der Waals surface area contributed by atoms with Crippen LogP contribution in [0.1, 0.15) is 11.1 Å². The zero-order valence-electron chi connectivity index (χ0n) is 24.6. The Morgan fingerprint density at radius 2 is 1.28 bits per heavy atom. The molecular formula is C41H24N4O+2. The van der Waals surface area contributed by atoms with Crippen molar-refractivity contribution in [3.8, 4) is 34.0 Å². The monoisotopic (exact) mass is 588 g/mol. The van der Waals surface area contributed by atoms with Crippen LogP contribution in [0.5, 0.6) is 11.5 Å². The molecule has 1 spiro atoms. The highest BCUT2D eigenvalue weighted by Crippen LogP contribution is 2.54. The first-order valence-corrected chi connectivity index (χ1v) is 15.8. The SMILES string of the molecule is c1cc2c3c(c1)-n1c4ccccc4c4ccc[n+](c41)C31c3c(cccc3-n3cc(-c4cc5ccccc5c5ccccc45)c[n+]31)O2. The van der Waals surface area contributed by atoms with E-state index in [1.54, 1.807) is 0 Å². The molecule has 6 heterocycles. The molecule has 5 nitrogen and oxygen atoms in total. The number of para-hydroxylation sites is 1. The number of benzene rings is 6. The first-order valence-electron chi connectivity index (χ1n) is 15.8. The Hall–Kier alpha value is -6.20. The largest absolute Gasteiger partial charge is 0.456 e. The van der Waals surface area contributed by atoms with E-state index in [9.17, 15) is 0 Å². The molecule has 0 N–H and O–H groups in total. The summed E-state index contributed by atoms with van der Waals surface area (Å²) in [7, 11) is 0. The quantitative estimate of drug-likeness (QED) is 0.140. The van der Waals surface area contributed by atoms with Crippen molar-refractivity contribution in [1.29, 1.82) is 0 Å². The molecule has 0 saturated carbocycles. The highest BCUT2D eigenvalue weighted by molar-refractivity contribution is 6.13. The molecule has 0 saturated heterocycles. The van der Waals surface area contributed by atoms with Gasteiger partial charge in [0, 0.05) is 5.39 Å². The predicted octanol–water partition coefficient (Wildman–Crippen LogP) is 8.15. The van der Waals surface area contributed by atoms with Gasteiger partial charge in [0.1, 0.15) is 28.3 Å². The Balaban J connectivity index is 1.27. The Morgan fingerprint density at radius 3 is 2.15 bits per heavy atom. The van der Waals surface area contributed by atoms with Gasteiger partial charge >= 0.3 is 11.3 Å². The third-order valence-corrected chi connectivity index (χ3v) is 10.5. The van der Waals surface area contributed by atoms with E-state index >= 15 is 0 Å². The van der Waals surface area contributed by atoms with Crippen molar-refractivity contribution in [1.82, 2.24) is 9.25 Å². The van der Waals surface area contributed by atoms with E-state index in [1.807, 2.05) is 0 Å². The molecule has 3 aliphatic rings. The van der Waals surface area contributed by atoms with Crippen LogP contribution in [0.15, 0.2) is 146 Å². The molecule has 1 atom stereocenters. The van der Waals surface area contributed by atoms with Gasteiger partial charge in [-0.05, 0) is 81.7 Å². The fraction of sp³-hybridized carbons (Fsp3) is 0.0244. The average molecular weight is 589 g/mol. The number of ether oxygens (including phenoxy) is 1. The first-order chi connectivity index (χ1) is 22.8.